The largest absolute Gasteiger partial charge is 0.477 e. The summed E-state index contributed by atoms with van der Waals surface area (Å²) >= 11 is 0.997. The summed E-state index contributed by atoms with van der Waals surface area (Å²) in [6.07, 6.45) is 1.50. The SMILES string of the molecule is Cc1cc(N2C(=O)C3CC(C)CC3C2=O)sc1C(=O)O. The molecule has 2 aliphatic rings. The average Bonchev–Trinajstić information content (AvgIpc) is 2.97. The van der Waals surface area contributed by atoms with Gasteiger partial charge in [0.2, 0.25) is 11.8 Å². The monoisotopic (exact) mass is 293 g/mol. The van der Waals surface area contributed by atoms with Crippen LogP contribution in [0.2, 0.25) is 0 Å². The fraction of sp³-hybridized carbons (Fsp3) is 0.500. The summed E-state index contributed by atoms with van der Waals surface area (Å²) in [6, 6.07) is 1.62. The first-order chi connectivity index (χ1) is 9.40. The summed E-state index contributed by atoms with van der Waals surface area (Å²) in [5.74, 6) is -1.38. The molecule has 1 N–H and O–H groups in total. The zero-order chi connectivity index (χ0) is 14.6. The van der Waals surface area contributed by atoms with Crippen molar-refractivity contribution in [1.29, 1.82) is 0 Å². The van der Waals surface area contributed by atoms with E-state index in [2.05, 4.69) is 6.92 Å². The molecule has 1 aliphatic carbocycles. The number of nitrogens with zero attached hydrogens (tertiary/aromatic N) is 1. The lowest BCUT2D eigenvalue weighted by Crippen LogP contribution is -2.31. The maximum Gasteiger partial charge on any atom is 0.346 e. The molecule has 2 amide bonds. The molecule has 106 valence electrons. The van der Waals surface area contributed by atoms with Gasteiger partial charge in [-0.15, -0.1) is 11.3 Å². The first kappa shape index (κ1) is 13.3. The molecule has 2 fully saturated rings. The number of amides is 2. The van der Waals surface area contributed by atoms with Gasteiger partial charge in [-0.1, -0.05) is 6.92 Å². The lowest BCUT2D eigenvalue weighted by molar-refractivity contribution is -0.122. The number of imide groups is 1. The highest BCUT2D eigenvalue weighted by molar-refractivity contribution is 7.18. The summed E-state index contributed by atoms with van der Waals surface area (Å²) < 4.78 is 0. The number of hydrogen-bond acceptors (Lipinski definition) is 4. The molecule has 0 spiro atoms. The smallest absolute Gasteiger partial charge is 0.346 e. The first-order valence-electron chi connectivity index (χ1n) is 6.61. The Labute approximate surface area is 120 Å². The second-order valence-corrected chi connectivity index (χ2v) is 6.73. The van der Waals surface area contributed by atoms with Crippen LogP contribution in [0.4, 0.5) is 5.00 Å². The lowest BCUT2D eigenvalue weighted by Gasteiger charge is -2.14. The van der Waals surface area contributed by atoms with Crippen molar-refractivity contribution in [3.8, 4) is 0 Å². The molecule has 20 heavy (non-hydrogen) atoms. The zero-order valence-electron chi connectivity index (χ0n) is 11.3. The van der Waals surface area contributed by atoms with Crippen molar-refractivity contribution in [2.45, 2.75) is 26.7 Å². The Bertz CT molecular complexity index is 597. The normalized spacial score (nSPS) is 29.1. The highest BCUT2D eigenvalue weighted by Gasteiger charge is 2.52. The standard InChI is InChI=1S/C14H15NO4S/c1-6-3-8-9(4-6)13(17)15(12(8)16)10-5-7(2)11(20-10)14(18)19/h5-6,8-9H,3-4H2,1-2H3,(H,18,19). The molecule has 0 radical (unpaired) electrons. The van der Waals surface area contributed by atoms with Crippen LogP contribution in [0.15, 0.2) is 6.07 Å². The molecule has 1 saturated heterocycles. The van der Waals surface area contributed by atoms with E-state index in [4.69, 9.17) is 5.11 Å². The predicted molar refractivity (Wildman–Crippen MR) is 73.9 cm³/mol. The average molecular weight is 293 g/mol. The summed E-state index contributed by atoms with van der Waals surface area (Å²) in [5, 5.41) is 9.51. The van der Waals surface area contributed by atoms with E-state index in [1.807, 2.05) is 0 Å². The van der Waals surface area contributed by atoms with Crippen molar-refractivity contribution < 1.29 is 19.5 Å². The number of carbonyl (C=O) groups excluding carboxylic acids is 2. The van der Waals surface area contributed by atoms with Gasteiger partial charge in [-0.3, -0.25) is 9.59 Å². The quantitative estimate of drug-likeness (QED) is 0.849. The molecule has 1 aromatic heterocycles. The van der Waals surface area contributed by atoms with E-state index in [1.54, 1.807) is 13.0 Å². The van der Waals surface area contributed by atoms with Crippen LogP contribution in [-0.4, -0.2) is 22.9 Å². The number of fused-ring (bicyclic) bond motifs is 1. The van der Waals surface area contributed by atoms with Gasteiger partial charge in [0.15, 0.2) is 0 Å². The summed E-state index contributed by atoms with van der Waals surface area (Å²) in [4.78, 5) is 37.3. The molecular weight excluding hydrogens is 278 g/mol. The van der Waals surface area contributed by atoms with E-state index in [0.29, 0.717) is 16.5 Å². The Balaban J connectivity index is 1.96. The van der Waals surface area contributed by atoms with Gasteiger partial charge >= 0.3 is 5.97 Å². The van der Waals surface area contributed by atoms with Crippen molar-refractivity contribution in [2.24, 2.45) is 17.8 Å². The van der Waals surface area contributed by atoms with Crippen molar-refractivity contribution in [3.63, 3.8) is 0 Å². The fourth-order valence-corrected chi connectivity index (χ4v) is 4.31. The Morgan fingerprint density at radius 1 is 1.30 bits per heavy atom. The fourth-order valence-electron chi connectivity index (χ4n) is 3.28. The number of anilines is 1. The molecular formula is C14H15NO4S. The predicted octanol–water partition coefficient (Wildman–Crippen LogP) is 2.29. The van der Waals surface area contributed by atoms with Gasteiger partial charge in [-0.2, -0.15) is 0 Å². The molecule has 2 atom stereocenters. The van der Waals surface area contributed by atoms with Gasteiger partial charge in [0.1, 0.15) is 9.88 Å². The molecule has 0 bridgehead atoms. The first-order valence-corrected chi connectivity index (χ1v) is 7.43. The van der Waals surface area contributed by atoms with Gasteiger partial charge < -0.3 is 5.11 Å². The number of carboxylic acids is 1. The molecule has 6 heteroatoms. The second kappa shape index (κ2) is 4.41. The van der Waals surface area contributed by atoms with E-state index in [9.17, 15) is 14.4 Å². The van der Waals surface area contributed by atoms with Crippen LogP contribution in [0.3, 0.4) is 0 Å². The van der Waals surface area contributed by atoms with Crippen LogP contribution in [0.5, 0.6) is 0 Å². The molecule has 1 aliphatic heterocycles. The number of rotatable bonds is 2. The van der Waals surface area contributed by atoms with E-state index in [-0.39, 0.29) is 28.5 Å². The van der Waals surface area contributed by atoms with E-state index < -0.39 is 5.97 Å². The van der Waals surface area contributed by atoms with Crippen molar-refractivity contribution in [3.05, 3.63) is 16.5 Å². The summed E-state index contributed by atoms with van der Waals surface area (Å²) in [7, 11) is 0. The van der Waals surface area contributed by atoms with E-state index >= 15 is 0 Å². The number of carboxylic acid groups (broad SMARTS) is 1. The molecule has 1 saturated carbocycles. The van der Waals surface area contributed by atoms with E-state index in [0.717, 1.165) is 24.2 Å². The number of carbonyl (C=O) groups is 3. The number of aryl methyl sites for hydroxylation is 1. The topological polar surface area (TPSA) is 74.7 Å². The minimum Gasteiger partial charge on any atom is -0.477 e. The van der Waals surface area contributed by atoms with Crippen molar-refractivity contribution >= 4 is 34.1 Å². The molecule has 0 aromatic carbocycles. The van der Waals surface area contributed by atoms with Crippen LogP contribution in [0.1, 0.15) is 35.0 Å². The zero-order valence-corrected chi connectivity index (χ0v) is 12.1. The lowest BCUT2D eigenvalue weighted by atomic mass is 10.00. The summed E-state index contributed by atoms with van der Waals surface area (Å²) in [6.45, 7) is 3.73. The Morgan fingerprint density at radius 3 is 2.30 bits per heavy atom. The van der Waals surface area contributed by atoms with Gasteiger partial charge in [0.25, 0.3) is 0 Å². The summed E-state index contributed by atoms with van der Waals surface area (Å²) in [5.41, 5.74) is 0.587. The minimum absolute atomic E-state index is 0.164. The van der Waals surface area contributed by atoms with Crippen LogP contribution in [0, 0.1) is 24.7 Å². The molecule has 3 rings (SSSR count). The van der Waals surface area contributed by atoms with Gasteiger partial charge in [-0.05, 0) is 37.3 Å². The molecule has 2 unspecified atom stereocenters. The maximum atomic E-state index is 12.4. The number of aromatic carboxylic acids is 1. The van der Waals surface area contributed by atoms with E-state index in [1.165, 1.54) is 4.90 Å². The number of hydrogen-bond donors (Lipinski definition) is 1. The molecule has 5 nitrogen and oxygen atoms in total. The third kappa shape index (κ3) is 1.78. The van der Waals surface area contributed by atoms with Crippen LogP contribution < -0.4 is 4.90 Å². The van der Waals surface area contributed by atoms with Gasteiger partial charge in [0, 0.05) is 0 Å². The van der Waals surface area contributed by atoms with Gasteiger partial charge in [-0.25, -0.2) is 9.69 Å². The van der Waals surface area contributed by atoms with Crippen molar-refractivity contribution in [2.75, 3.05) is 4.90 Å². The molecule has 2 heterocycles. The third-order valence-corrected chi connectivity index (χ3v) is 5.40. The third-order valence-electron chi connectivity index (χ3n) is 4.19. The highest BCUT2D eigenvalue weighted by atomic mass is 32.1. The van der Waals surface area contributed by atoms with Crippen LogP contribution in [-0.2, 0) is 9.59 Å². The number of thiophene rings is 1. The Kier molecular flexibility index (Phi) is 2.93. The van der Waals surface area contributed by atoms with Crippen LogP contribution in [0.25, 0.3) is 0 Å². The second-order valence-electron chi connectivity index (χ2n) is 5.70. The Morgan fingerprint density at radius 2 is 1.85 bits per heavy atom. The highest BCUT2D eigenvalue weighted by Crippen LogP contribution is 2.45. The molecule has 1 aromatic rings. The Hall–Kier alpha value is -1.69. The van der Waals surface area contributed by atoms with Crippen LogP contribution >= 0.6 is 11.3 Å². The van der Waals surface area contributed by atoms with Gasteiger partial charge in [0.05, 0.1) is 11.8 Å². The maximum absolute atomic E-state index is 12.4. The minimum atomic E-state index is -1.02. The van der Waals surface area contributed by atoms with Crippen molar-refractivity contribution in [1.82, 2.24) is 0 Å².